The van der Waals surface area contributed by atoms with Gasteiger partial charge in [0, 0.05) is 11.0 Å². The molecule has 0 radical (unpaired) electrons. The normalized spacial score (nSPS) is 20.6. The van der Waals surface area contributed by atoms with Crippen LogP contribution in [0.5, 0.6) is 5.75 Å². The second-order valence-electron chi connectivity index (χ2n) is 8.11. The van der Waals surface area contributed by atoms with E-state index in [2.05, 4.69) is 25.7 Å². The zero-order valence-electron chi connectivity index (χ0n) is 17.3. The molecule has 1 aromatic rings. The van der Waals surface area contributed by atoms with Gasteiger partial charge >= 0.3 is 6.11 Å². The summed E-state index contributed by atoms with van der Waals surface area (Å²) in [4.78, 5) is 12.3. The van der Waals surface area contributed by atoms with Crippen molar-refractivity contribution in [2.45, 2.75) is 71.8 Å². The van der Waals surface area contributed by atoms with E-state index < -0.39 is 6.11 Å². The minimum absolute atomic E-state index is 0.134. The summed E-state index contributed by atoms with van der Waals surface area (Å²) in [6, 6.07) is 6.86. The van der Waals surface area contributed by atoms with E-state index in [1.54, 1.807) is 19.1 Å². The third-order valence-corrected chi connectivity index (χ3v) is 6.01. The van der Waals surface area contributed by atoms with Crippen LogP contribution >= 0.6 is 0 Å². The first-order chi connectivity index (χ1) is 13.2. The highest BCUT2D eigenvalue weighted by Crippen LogP contribution is 2.40. The van der Waals surface area contributed by atoms with Gasteiger partial charge in [-0.2, -0.15) is 8.78 Å². The van der Waals surface area contributed by atoms with Crippen LogP contribution in [0, 0.1) is 11.3 Å². The smallest absolute Gasteiger partial charge is 0.422 e. The Morgan fingerprint density at radius 2 is 1.93 bits per heavy atom. The van der Waals surface area contributed by atoms with Gasteiger partial charge in [0.2, 0.25) is 0 Å². The number of ketones is 1. The van der Waals surface area contributed by atoms with Crippen molar-refractivity contribution in [1.29, 1.82) is 0 Å². The van der Waals surface area contributed by atoms with E-state index in [9.17, 15) is 13.6 Å². The van der Waals surface area contributed by atoms with Crippen molar-refractivity contribution in [3.63, 3.8) is 0 Å². The minimum atomic E-state index is -3.36. The molecule has 0 saturated heterocycles. The van der Waals surface area contributed by atoms with Crippen LogP contribution in [0.4, 0.5) is 8.78 Å². The van der Waals surface area contributed by atoms with Gasteiger partial charge in [-0.1, -0.05) is 44.2 Å². The largest absolute Gasteiger partial charge is 0.429 e. The lowest BCUT2D eigenvalue weighted by atomic mass is 9.69. The lowest BCUT2D eigenvalue weighted by Gasteiger charge is -2.33. The molecule has 0 spiro atoms. The molecule has 0 amide bonds. The number of hydrogen-bond donors (Lipinski definition) is 0. The highest BCUT2D eigenvalue weighted by atomic mass is 19.3. The summed E-state index contributed by atoms with van der Waals surface area (Å²) in [6.45, 7) is 8.40. The first-order valence-electron chi connectivity index (χ1n) is 10.2. The number of carbonyl (C=O) groups is 1. The molecule has 0 bridgehead atoms. The molecule has 4 heteroatoms. The number of rotatable bonds is 10. The van der Waals surface area contributed by atoms with E-state index in [0.717, 1.165) is 50.5 Å². The number of halogens is 2. The molecular weight excluding hydrogens is 358 g/mol. The monoisotopic (exact) mass is 390 g/mol. The van der Waals surface area contributed by atoms with Gasteiger partial charge in [0.15, 0.2) is 0 Å². The number of Topliss-reactive ketones (excluding diaryl/α,β-unsaturated/α-hetero) is 1. The quantitative estimate of drug-likeness (QED) is 0.406. The maximum absolute atomic E-state index is 13.6. The van der Waals surface area contributed by atoms with Gasteiger partial charge in [-0.3, -0.25) is 4.79 Å². The Morgan fingerprint density at radius 3 is 2.43 bits per heavy atom. The van der Waals surface area contributed by atoms with Gasteiger partial charge in [0.25, 0.3) is 0 Å². The van der Waals surface area contributed by atoms with Crippen LogP contribution in [-0.2, 0) is 11.2 Å². The second kappa shape index (κ2) is 9.49. The minimum Gasteiger partial charge on any atom is -0.429 e. The number of carbonyl (C=O) groups excluding carboxylic acids is 1. The molecule has 28 heavy (non-hydrogen) atoms. The van der Waals surface area contributed by atoms with Crippen molar-refractivity contribution >= 4 is 5.78 Å². The van der Waals surface area contributed by atoms with E-state index in [1.165, 1.54) is 6.92 Å². The van der Waals surface area contributed by atoms with Crippen molar-refractivity contribution in [3.8, 4) is 5.75 Å². The maximum atomic E-state index is 13.6. The van der Waals surface area contributed by atoms with Gasteiger partial charge in [0.05, 0.1) is 0 Å². The Balaban J connectivity index is 1.96. The standard InChI is InChI=1S/C24H32F2O2/c1-5-20(13-16-23(19(4)27)14-7-6-8-15-23)17-21-9-11-22(12-10-21)28-24(25,26)18(2)3/h6-7,9-12,20H,2,5,8,13-17H2,1,3-4H3. The molecule has 2 nitrogen and oxygen atoms in total. The fourth-order valence-corrected chi connectivity index (χ4v) is 3.80. The van der Waals surface area contributed by atoms with Crippen molar-refractivity contribution in [2.75, 3.05) is 0 Å². The predicted molar refractivity (Wildman–Crippen MR) is 110 cm³/mol. The molecule has 2 unspecified atom stereocenters. The fraction of sp³-hybridized carbons (Fsp3) is 0.542. The molecular formula is C24H32F2O2. The number of allylic oxidation sites excluding steroid dienone is 2. The first kappa shape index (κ1) is 22.3. The Morgan fingerprint density at radius 1 is 1.25 bits per heavy atom. The maximum Gasteiger partial charge on any atom is 0.422 e. The molecule has 1 aromatic carbocycles. The van der Waals surface area contributed by atoms with Crippen molar-refractivity contribution in [3.05, 3.63) is 54.1 Å². The number of hydrogen-bond acceptors (Lipinski definition) is 2. The average Bonchev–Trinajstić information content (AvgIpc) is 2.66. The van der Waals surface area contributed by atoms with E-state index in [1.807, 2.05) is 12.1 Å². The Hall–Kier alpha value is -1.97. The van der Waals surface area contributed by atoms with Crippen LogP contribution in [0.25, 0.3) is 0 Å². The van der Waals surface area contributed by atoms with Gasteiger partial charge in [-0.05, 0) is 76.0 Å². The number of benzene rings is 1. The van der Waals surface area contributed by atoms with E-state index >= 15 is 0 Å². The molecule has 0 fully saturated rings. The third kappa shape index (κ3) is 5.76. The zero-order chi connectivity index (χ0) is 20.8. The molecule has 0 heterocycles. The molecule has 2 atom stereocenters. The molecule has 2 rings (SSSR count). The van der Waals surface area contributed by atoms with E-state index in [0.29, 0.717) is 11.7 Å². The van der Waals surface area contributed by atoms with E-state index in [-0.39, 0.29) is 16.7 Å². The summed E-state index contributed by atoms with van der Waals surface area (Å²) in [5, 5.41) is 0. The highest BCUT2D eigenvalue weighted by Gasteiger charge is 2.35. The summed E-state index contributed by atoms with van der Waals surface area (Å²) in [6.07, 6.45) is 7.53. The summed E-state index contributed by atoms with van der Waals surface area (Å²) in [5.41, 5.74) is 0.575. The summed E-state index contributed by atoms with van der Waals surface area (Å²) >= 11 is 0. The molecule has 0 aromatic heterocycles. The number of alkyl halides is 2. The first-order valence-corrected chi connectivity index (χ1v) is 10.2. The van der Waals surface area contributed by atoms with Crippen LogP contribution in [-0.4, -0.2) is 11.9 Å². The summed E-state index contributed by atoms with van der Waals surface area (Å²) in [5.74, 6) is 0.895. The van der Waals surface area contributed by atoms with Crippen LogP contribution in [0.2, 0.25) is 0 Å². The van der Waals surface area contributed by atoms with Crippen LogP contribution in [0.3, 0.4) is 0 Å². The Bertz CT molecular complexity index is 706. The second-order valence-corrected chi connectivity index (χ2v) is 8.11. The molecule has 154 valence electrons. The fourth-order valence-electron chi connectivity index (χ4n) is 3.80. The highest BCUT2D eigenvalue weighted by molar-refractivity contribution is 5.82. The third-order valence-electron chi connectivity index (χ3n) is 6.01. The summed E-state index contributed by atoms with van der Waals surface area (Å²) in [7, 11) is 0. The lowest BCUT2D eigenvalue weighted by molar-refractivity contribution is -0.141. The molecule has 0 N–H and O–H groups in total. The molecule has 1 aliphatic rings. The molecule has 0 aliphatic heterocycles. The average molecular weight is 391 g/mol. The van der Waals surface area contributed by atoms with Gasteiger partial charge in [0.1, 0.15) is 11.5 Å². The Kier molecular flexibility index (Phi) is 7.56. The van der Waals surface area contributed by atoms with Gasteiger partial charge < -0.3 is 4.74 Å². The molecule has 1 aliphatic carbocycles. The lowest BCUT2D eigenvalue weighted by Crippen LogP contribution is -2.31. The zero-order valence-corrected chi connectivity index (χ0v) is 17.3. The summed E-state index contributed by atoms with van der Waals surface area (Å²) < 4.78 is 32.0. The van der Waals surface area contributed by atoms with Crippen molar-refractivity contribution < 1.29 is 18.3 Å². The van der Waals surface area contributed by atoms with Crippen molar-refractivity contribution in [1.82, 2.24) is 0 Å². The number of ether oxygens (including phenoxy) is 1. The van der Waals surface area contributed by atoms with Crippen LogP contribution < -0.4 is 4.74 Å². The molecule has 0 saturated carbocycles. The topological polar surface area (TPSA) is 26.3 Å². The predicted octanol–water partition coefficient (Wildman–Crippen LogP) is 6.90. The SMILES string of the molecule is C=C(C)C(F)(F)Oc1ccc(CC(CC)CCC2(C(C)=O)CC=CCC2)cc1. The Labute approximate surface area is 167 Å². The van der Waals surface area contributed by atoms with Crippen molar-refractivity contribution in [2.24, 2.45) is 11.3 Å². The van der Waals surface area contributed by atoms with Gasteiger partial charge in [-0.25, -0.2) is 0 Å². The van der Waals surface area contributed by atoms with Crippen LogP contribution in [0.1, 0.15) is 64.9 Å². The van der Waals surface area contributed by atoms with Crippen LogP contribution in [0.15, 0.2) is 48.6 Å². The van der Waals surface area contributed by atoms with E-state index in [4.69, 9.17) is 4.74 Å². The van der Waals surface area contributed by atoms with Gasteiger partial charge in [-0.15, -0.1) is 0 Å².